The number of carbonyl (C=O) groups is 5. The molecule has 3 atom stereocenters. The monoisotopic (exact) mass is 677 g/mol. The van der Waals surface area contributed by atoms with Crippen molar-refractivity contribution in [1.29, 1.82) is 0 Å². The first-order chi connectivity index (χ1) is 23.4. The number of nitrogens with zero attached hydrogens (tertiary/aromatic N) is 2. The Morgan fingerprint density at radius 2 is 1.82 bits per heavy atom. The van der Waals surface area contributed by atoms with Gasteiger partial charge in [-0.2, -0.15) is 0 Å². The summed E-state index contributed by atoms with van der Waals surface area (Å²) in [4.78, 5) is 69.8. The number of hydrogen-bond donors (Lipinski definition) is 4. The minimum Gasteiger partial charge on any atom is -0.489 e. The predicted octanol–water partition coefficient (Wildman–Crippen LogP) is 3.27. The number of hydrogen-bond acceptors (Lipinski definition) is 8. The minimum atomic E-state index is -1.35. The number of halogens is 1. The summed E-state index contributed by atoms with van der Waals surface area (Å²) in [5.41, 5.74) is -0.0181. The molecule has 0 saturated heterocycles. The second kappa shape index (κ2) is 16.5. The molecule has 0 bridgehead atoms. The van der Waals surface area contributed by atoms with Crippen LogP contribution in [0.4, 0.5) is 4.39 Å². The van der Waals surface area contributed by atoms with Gasteiger partial charge in [-0.15, -0.1) is 0 Å². The highest BCUT2D eigenvalue weighted by molar-refractivity contribution is 6.09. The summed E-state index contributed by atoms with van der Waals surface area (Å²) in [6.45, 7) is 3.92. The van der Waals surface area contributed by atoms with Crippen LogP contribution in [0, 0.1) is 11.7 Å². The van der Waals surface area contributed by atoms with Gasteiger partial charge in [0.1, 0.15) is 24.2 Å². The Morgan fingerprint density at radius 3 is 2.41 bits per heavy atom. The maximum absolute atomic E-state index is 14.4. The molecule has 1 aliphatic rings. The molecular weight excluding hydrogens is 633 g/mol. The van der Waals surface area contributed by atoms with Crippen LogP contribution in [0.5, 0.6) is 5.75 Å². The molecule has 3 aromatic rings. The number of benzene rings is 2. The van der Waals surface area contributed by atoms with Crippen LogP contribution in [0.25, 0.3) is 10.9 Å². The van der Waals surface area contributed by atoms with Gasteiger partial charge in [0.05, 0.1) is 41.8 Å². The first-order valence-electron chi connectivity index (χ1n) is 16.4. The first-order valence-corrected chi connectivity index (χ1v) is 16.4. The molecule has 1 aliphatic carbocycles. The average Bonchev–Trinajstić information content (AvgIpc) is 3.04. The molecule has 2 aromatic carbocycles. The van der Waals surface area contributed by atoms with E-state index in [9.17, 15) is 28.4 Å². The van der Waals surface area contributed by atoms with Crippen LogP contribution in [-0.2, 0) is 25.6 Å². The normalized spacial score (nSPS) is 15.4. The predicted molar refractivity (Wildman–Crippen MR) is 180 cm³/mol. The fourth-order valence-corrected chi connectivity index (χ4v) is 6.10. The van der Waals surface area contributed by atoms with Gasteiger partial charge in [-0.1, -0.05) is 44.2 Å². The fraction of sp³-hybridized carbons (Fsp3) is 0.444. The van der Waals surface area contributed by atoms with Crippen molar-refractivity contribution in [2.75, 3.05) is 20.7 Å². The third kappa shape index (κ3) is 8.96. The van der Waals surface area contributed by atoms with Crippen molar-refractivity contribution >= 4 is 40.9 Å². The SMILES string of the molecule is CN[C@@H](CC(C)C)C(=O)N(C)C1(C(=O)N[C@@H](COc2cnc3ccc(F)cc3c2C(=O)NC(C=O)CC(=O)O)Cc2ccccc2)CCC1. The summed E-state index contributed by atoms with van der Waals surface area (Å²) < 4.78 is 20.6. The molecule has 0 spiro atoms. The molecule has 12 nitrogen and oxygen atoms in total. The maximum Gasteiger partial charge on any atom is 0.305 e. The van der Waals surface area contributed by atoms with Gasteiger partial charge in [-0.3, -0.25) is 24.2 Å². The lowest BCUT2D eigenvalue weighted by atomic mass is 9.74. The molecule has 1 aromatic heterocycles. The van der Waals surface area contributed by atoms with E-state index in [1.807, 2.05) is 44.2 Å². The second-order valence-corrected chi connectivity index (χ2v) is 12.9. The Hall–Kier alpha value is -4.91. The summed E-state index contributed by atoms with van der Waals surface area (Å²) in [5, 5.41) is 17.8. The van der Waals surface area contributed by atoms with Crippen LogP contribution in [0.2, 0.25) is 0 Å². The van der Waals surface area contributed by atoms with Crippen LogP contribution >= 0.6 is 0 Å². The minimum absolute atomic E-state index is 0.0564. The van der Waals surface area contributed by atoms with Gasteiger partial charge in [0.15, 0.2) is 5.75 Å². The first kappa shape index (κ1) is 36.9. The van der Waals surface area contributed by atoms with E-state index in [0.29, 0.717) is 32.0 Å². The number of likely N-dealkylation sites (N-methyl/N-ethyl adjacent to an activating group) is 2. The standard InChI is InChI=1S/C36H44FN5O7/c1-22(2)15-29(38-3)34(47)42(4)36(13-8-14-36)35(48)41-26(16-23-9-6-5-7-10-23)21-49-30-19-39-28-12-11-24(37)17-27(28)32(30)33(46)40-25(20-43)18-31(44)45/h5-7,9-12,17,19-20,22,25-26,29,38H,8,13-16,18,21H2,1-4H3,(H,40,46)(H,41,48)(H,44,45)/t25?,26-,29+/m1/s1. The molecular formula is C36H44FN5O7. The van der Waals surface area contributed by atoms with E-state index < -0.39 is 47.8 Å². The average molecular weight is 678 g/mol. The van der Waals surface area contributed by atoms with Gasteiger partial charge in [0, 0.05) is 12.4 Å². The molecule has 4 N–H and O–H groups in total. The molecule has 13 heteroatoms. The molecule has 0 radical (unpaired) electrons. The Balaban J connectivity index is 1.63. The highest BCUT2D eigenvalue weighted by atomic mass is 19.1. The topological polar surface area (TPSA) is 167 Å². The van der Waals surface area contributed by atoms with E-state index in [2.05, 4.69) is 20.9 Å². The summed E-state index contributed by atoms with van der Waals surface area (Å²) in [5.74, 6) is -3.07. The summed E-state index contributed by atoms with van der Waals surface area (Å²) in [7, 11) is 3.39. The molecule has 262 valence electrons. The van der Waals surface area contributed by atoms with Crippen LogP contribution in [0.1, 0.15) is 61.9 Å². The summed E-state index contributed by atoms with van der Waals surface area (Å²) in [6.07, 6.45) is 3.67. The molecule has 1 saturated carbocycles. The number of rotatable bonds is 17. The summed E-state index contributed by atoms with van der Waals surface area (Å²) in [6, 6.07) is 10.6. The van der Waals surface area contributed by atoms with Gasteiger partial charge in [0.25, 0.3) is 5.91 Å². The number of amides is 3. The number of aldehydes is 1. The number of carboxylic acid groups (broad SMARTS) is 1. The molecule has 1 fully saturated rings. The lowest BCUT2D eigenvalue weighted by Gasteiger charge is -2.48. The molecule has 3 amide bonds. The number of aromatic nitrogens is 1. The van der Waals surface area contributed by atoms with Crippen LogP contribution in [0.15, 0.2) is 54.7 Å². The van der Waals surface area contributed by atoms with E-state index in [4.69, 9.17) is 9.84 Å². The smallest absolute Gasteiger partial charge is 0.305 e. The van der Waals surface area contributed by atoms with Gasteiger partial charge >= 0.3 is 5.97 Å². The number of carbonyl (C=O) groups excluding carboxylic acids is 4. The quantitative estimate of drug-likeness (QED) is 0.157. The second-order valence-electron chi connectivity index (χ2n) is 12.9. The Bertz CT molecular complexity index is 1660. The third-order valence-electron chi connectivity index (χ3n) is 8.93. The molecule has 4 rings (SSSR count). The number of ether oxygens (including phenoxy) is 1. The Kier molecular flexibility index (Phi) is 12.4. The highest BCUT2D eigenvalue weighted by Crippen LogP contribution is 2.38. The van der Waals surface area contributed by atoms with Gasteiger partial charge < -0.3 is 35.5 Å². The fourth-order valence-electron chi connectivity index (χ4n) is 6.10. The van der Waals surface area contributed by atoms with E-state index in [1.54, 1.807) is 19.0 Å². The van der Waals surface area contributed by atoms with Crippen molar-refractivity contribution in [2.24, 2.45) is 5.92 Å². The third-order valence-corrected chi connectivity index (χ3v) is 8.93. The largest absolute Gasteiger partial charge is 0.489 e. The zero-order valence-electron chi connectivity index (χ0n) is 28.2. The number of nitrogens with one attached hydrogen (secondary N) is 3. The number of fused-ring (bicyclic) bond motifs is 1. The van der Waals surface area contributed by atoms with Gasteiger partial charge in [-0.25, -0.2) is 4.39 Å². The van der Waals surface area contributed by atoms with Crippen molar-refractivity contribution in [1.82, 2.24) is 25.8 Å². The van der Waals surface area contributed by atoms with Gasteiger partial charge in [0.2, 0.25) is 11.8 Å². The zero-order valence-corrected chi connectivity index (χ0v) is 28.2. The number of pyridine rings is 1. The van der Waals surface area contributed by atoms with E-state index in [1.165, 1.54) is 18.3 Å². The number of carboxylic acids is 1. The van der Waals surface area contributed by atoms with Crippen LogP contribution in [-0.4, -0.2) is 89.3 Å². The molecule has 1 unspecified atom stereocenters. The zero-order chi connectivity index (χ0) is 35.7. The molecule has 0 aliphatic heterocycles. The van der Waals surface area contributed by atoms with Crippen molar-refractivity contribution < 1.29 is 38.2 Å². The van der Waals surface area contributed by atoms with E-state index in [0.717, 1.165) is 18.1 Å². The number of aliphatic carboxylic acids is 1. The Labute approximate surface area is 284 Å². The van der Waals surface area contributed by atoms with Crippen molar-refractivity contribution in [3.8, 4) is 5.75 Å². The Morgan fingerprint density at radius 1 is 1.10 bits per heavy atom. The molecule has 1 heterocycles. The van der Waals surface area contributed by atoms with Crippen molar-refractivity contribution in [3.05, 3.63) is 71.7 Å². The molecule has 49 heavy (non-hydrogen) atoms. The lowest BCUT2D eigenvalue weighted by molar-refractivity contribution is -0.153. The van der Waals surface area contributed by atoms with Crippen molar-refractivity contribution in [2.45, 2.75) is 76.0 Å². The van der Waals surface area contributed by atoms with E-state index in [-0.39, 0.29) is 46.6 Å². The van der Waals surface area contributed by atoms with Crippen LogP contribution < -0.4 is 20.7 Å². The van der Waals surface area contributed by atoms with Crippen molar-refractivity contribution in [3.63, 3.8) is 0 Å². The highest BCUT2D eigenvalue weighted by Gasteiger charge is 2.50. The van der Waals surface area contributed by atoms with Gasteiger partial charge in [-0.05, 0) is 68.8 Å². The van der Waals surface area contributed by atoms with Crippen LogP contribution in [0.3, 0.4) is 0 Å². The summed E-state index contributed by atoms with van der Waals surface area (Å²) >= 11 is 0. The van der Waals surface area contributed by atoms with E-state index >= 15 is 0 Å². The lowest BCUT2D eigenvalue weighted by Crippen LogP contribution is -2.66. The maximum atomic E-state index is 14.4.